The average molecular weight is 380 g/mol. The van der Waals surface area contributed by atoms with Gasteiger partial charge in [0, 0.05) is 35.2 Å². The number of rotatable bonds is 6. The van der Waals surface area contributed by atoms with Crippen molar-refractivity contribution >= 4 is 34.8 Å². The highest BCUT2D eigenvalue weighted by atomic mass is 35.5. The van der Waals surface area contributed by atoms with Crippen LogP contribution in [0.4, 0.5) is 11.4 Å². The van der Waals surface area contributed by atoms with Crippen molar-refractivity contribution in [3.8, 4) is 0 Å². The fourth-order valence-electron chi connectivity index (χ4n) is 2.55. The van der Waals surface area contributed by atoms with Crippen LogP contribution in [0.15, 0.2) is 73.1 Å². The van der Waals surface area contributed by atoms with E-state index in [1.165, 1.54) is 6.20 Å². The van der Waals surface area contributed by atoms with Crippen molar-refractivity contribution in [3.63, 3.8) is 0 Å². The van der Waals surface area contributed by atoms with Crippen molar-refractivity contribution in [2.24, 2.45) is 0 Å². The molecule has 6 heteroatoms. The number of nitrogens with one attached hydrogen (secondary N) is 2. The molecule has 0 aliphatic carbocycles. The van der Waals surface area contributed by atoms with Crippen LogP contribution in [-0.4, -0.2) is 16.8 Å². The molecule has 3 rings (SSSR count). The topological polar surface area (TPSA) is 71.1 Å². The van der Waals surface area contributed by atoms with Crippen LogP contribution in [0.1, 0.15) is 22.3 Å². The van der Waals surface area contributed by atoms with Gasteiger partial charge in [-0.25, -0.2) is 0 Å². The number of amides is 2. The Labute approximate surface area is 162 Å². The summed E-state index contributed by atoms with van der Waals surface area (Å²) in [7, 11) is 0. The maximum Gasteiger partial charge on any atom is 0.257 e. The van der Waals surface area contributed by atoms with E-state index in [1.807, 2.05) is 18.2 Å². The van der Waals surface area contributed by atoms with Crippen molar-refractivity contribution < 1.29 is 9.59 Å². The lowest BCUT2D eigenvalue weighted by Crippen LogP contribution is -2.14. The highest BCUT2D eigenvalue weighted by Crippen LogP contribution is 2.17. The van der Waals surface area contributed by atoms with Crippen LogP contribution >= 0.6 is 11.6 Å². The summed E-state index contributed by atoms with van der Waals surface area (Å²) < 4.78 is 0. The van der Waals surface area contributed by atoms with Gasteiger partial charge >= 0.3 is 0 Å². The van der Waals surface area contributed by atoms with E-state index in [-0.39, 0.29) is 11.8 Å². The monoisotopic (exact) mass is 379 g/mol. The summed E-state index contributed by atoms with van der Waals surface area (Å²) in [5, 5.41) is 6.29. The third-order valence-corrected chi connectivity index (χ3v) is 4.09. The number of pyridine rings is 1. The van der Waals surface area contributed by atoms with E-state index in [0.29, 0.717) is 34.8 Å². The molecule has 0 unspecified atom stereocenters. The van der Waals surface area contributed by atoms with Crippen LogP contribution in [0.25, 0.3) is 0 Å². The molecule has 0 saturated carbocycles. The Morgan fingerprint density at radius 1 is 0.926 bits per heavy atom. The van der Waals surface area contributed by atoms with Gasteiger partial charge in [0.15, 0.2) is 0 Å². The van der Waals surface area contributed by atoms with Gasteiger partial charge in [0.1, 0.15) is 0 Å². The average Bonchev–Trinajstić information content (AvgIpc) is 2.67. The third-order valence-electron chi connectivity index (χ3n) is 3.86. The summed E-state index contributed by atoms with van der Waals surface area (Å²) in [4.78, 5) is 28.3. The lowest BCUT2D eigenvalue weighted by Gasteiger charge is -2.09. The molecular formula is C21H18ClN3O2. The van der Waals surface area contributed by atoms with E-state index in [9.17, 15) is 9.59 Å². The molecule has 136 valence electrons. The molecule has 2 aromatic carbocycles. The number of benzene rings is 2. The normalized spacial score (nSPS) is 10.3. The fourth-order valence-corrected chi connectivity index (χ4v) is 2.76. The van der Waals surface area contributed by atoms with E-state index in [2.05, 4.69) is 15.6 Å². The molecule has 0 aliphatic heterocycles. The quantitative estimate of drug-likeness (QED) is 0.659. The number of hydrogen-bond donors (Lipinski definition) is 2. The first-order valence-electron chi connectivity index (χ1n) is 8.46. The van der Waals surface area contributed by atoms with E-state index in [0.717, 1.165) is 5.56 Å². The van der Waals surface area contributed by atoms with Crippen LogP contribution in [0, 0.1) is 0 Å². The smallest absolute Gasteiger partial charge is 0.257 e. The minimum Gasteiger partial charge on any atom is -0.326 e. The Kier molecular flexibility index (Phi) is 6.18. The Hall–Kier alpha value is -3.18. The van der Waals surface area contributed by atoms with Crippen LogP contribution in [-0.2, 0) is 11.2 Å². The third kappa shape index (κ3) is 5.66. The number of halogens is 1. The first kappa shape index (κ1) is 18.6. The molecule has 3 aromatic rings. The zero-order valence-corrected chi connectivity index (χ0v) is 15.2. The first-order valence-corrected chi connectivity index (χ1v) is 8.84. The second kappa shape index (κ2) is 8.96. The van der Waals surface area contributed by atoms with Crippen molar-refractivity contribution in [2.75, 3.05) is 10.6 Å². The summed E-state index contributed by atoms with van der Waals surface area (Å²) in [6.07, 6.45) is 4.05. The molecule has 27 heavy (non-hydrogen) atoms. The molecule has 0 spiro atoms. The number of nitrogens with zero attached hydrogens (tertiary/aromatic N) is 1. The van der Waals surface area contributed by atoms with E-state index in [1.54, 1.807) is 48.7 Å². The van der Waals surface area contributed by atoms with Crippen LogP contribution in [0.5, 0.6) is 0 Å². The van der Waals surface area contributed by atoms with Crippen molar-refractivity contribution in [1.29, 1.82) is 0 Å². The van der Waals surface area contributed by atoms with Crippen LogP contribution in [0.3, 0.4) is 0 Å². The standard InChI is InChI=1S/C21H18ClN3O2/c22-17-6-1-4-15(12-17)9-10-20(26)24-18-7-2-8-19(13-18)25-21(27)16-5-3-11-23-14-16/h1-8,11-14H,9-10H2,(H,24,26)(H,25,27). The van der Waals surface area contributed by atoms with Gasteiger partial charge in [-0.05, 0) is 54.4 Å². The summed E-state index contributed by atoms with van der Waals surface area (Å²) in [5.41, 5.74) is 2.69. The second-order valence-electron chi connectivity index (χ2n) is 5.95. The summed E-state index contributed by atoms with van der Waals surface area (Å²) >= 11 is 5.95. The summed E-state index contributed by atoms with van der Waals surface area (Å²) in [5.74, 6) is -0.363. The fraction of sp³-hybridized carbons (Fsp3) is 0.0952. The van der Waals surface area contributed by atoms with Gasteiger partial charge in [0.25, 0.3) is 5.91 Å². The number of carbonyl (C=O) groups excluding carboxylic acids is 2. The number of aromatic nitrogens is 1. The van der Waals surface area contributed by atoms with Crippen molar-refractivity contribution in [3.05, 3.63) is 89.2 Å². The highest BCUT2D eigenvalue weighted by molar-refractivity contribution is 6.30. The molecule has 5 nitrogen and oxygen atoms in total. The van der Waals surface area contributed by atoms with Crippen LogP contribution < -0.4 is 10.6 Å². The number of hydrogen-bond acceptors (Lipinski definition) is 3. The molecule has 2 N–H and O–H groups in total. The largest absolute Gasteiger partial charge is 0.326 e. The Balaban J connectivity index is 1.57. The minimum atomic E-state index is -0.257. The van der Waals surface area contributed by atoms with E-state index >= 15 is 0 Å². The van der Waals surface area contributed by atoms with Crippen molar-refractivity contribution in [1.82, 2.24) is 4.98 Å². The van der Waals surface area contributed by atoms with Gasteiger partial charge in [-0.2, -0.15) is 0 Å². The molecule has 0 aliphatic rings. The number of carbonyl (C=O) groups is 2. The van der Waals surface area contributed by atoms with Gasteiger partial charge in [-0.3, -0.25) is 14.6 Å². The van der Waals surface area contributed by atoms with E-state index in [4.69, 9.17) is 11.6 Å². The predicted octanol–water partition coefficient (Wildman–Crippen LogP) is 4.56. The summed E-state index contributed by atoms with van der Waals surface area (Å²) in [6.45, 7) is 0. The number of anilines is 2. The second-order valence-corrected chi connectivity index (χ2v) is 6.39. The zero-order chi connectivity index (χ0) is 19.1. The minimum absolute atomic E-state index is 0.106. The maximum absolute atomic E-state index is 12.2. The molecule has 1 aromatic heterocycles. The van der Waals surface area contributed by atoms with E-state index < -0.39 is 0 Å². The van der Waals surface area contributed by atoms with Gasteiger partial charge < -0.3 is 10.6 Å². The molecule has 2 amide bonds. The Morgan fingerprint density at radius 2 is 1.70 bits per heavy atom. The molecular weight excluding hydrogens is 362 g/mol. The zero-order valence-electron chi connectivity index (χ0n) is 14.5. The summed E-state index contributed by atoms with van der Waals surface area (Å²) in [6, 6.07) is 17.9. The number of aryl methyl sites for hydroxylation is 1. The highest BCUT2D eigenvalue weighted by Gasteiger charge is 2.08. The predicted molar refractivity (Wildman–Crippen MR) is 107 cm³/mol. The lowest BCUT2D eigenvalue weighted by atomic mass is 10.1. The first-order chi connectivity index (χ1) is 13.1. The van der Waals surface area contributed by atoms with Gasteiger partial charge in [-0.1, -0.05) is 29.8 Å². The van der Waals surface area contributed by atoms with Crippen molar-refractivity contribution in [2.45, 2.75) is 12.8 Å². The lowest BCUT2D eigenvalue weighted by molar-refractivity contribution is -0.116. The maximum atomic E-state index is 12.2. The molecule has 0 bridgehead atoms. The SMILES string of the molecule is O=C(CCc1cccc(Cl)c1)Nc1cccc(NC(=O)c2cccnc2)c1. The molecule has 0 radical (unpaired) electrons. The molecule has 0 saturated heterocycles. The van der Waals surface area contributed by atoms with Crippen LogP contribution in [0.2, 0.25) is 5.02 Å². The van der Waals surface area contributed by atoms with Gasteiger partial charge in [0.05, 0.1) is 5.56 Å². The Bertz CT molecular complexity index is 945. The molecule has 0 fully saturated rings. The van der Waals surface area contributed by atoms with Gasteiger partial charge in [-0.15, -0.1) is 0 Å². The molecule has 1 heterocycles. The van der Waals surface area contributed by atoms with Gasteiger partial charge in [0.2, 0.25) is 5.91 Å². The molecule has 0 atom stereocenters. The Morgan fingerprint density at radius 3 is 2.44 bits per heavy atom.